The van der Waals surface area contributed by atoms with Crippen LogP contribution < -0.4 is 10.6 Å². The Balaban J connectivity index is 2.27. The molecule has 0 radical (unpaired) electrons. The number of hydrogen-bond acceptors (Lipinski definition) is 5. The molecular formula is C15H24N4S. The molecule has 0 saturated carbocycles. The number of aromatic nitrogens is 2. The molecule has 110 valence electrons. The van der Waals surface area contributed by atoms with Gasteiger partial charge in [0.15, 0.2) is 0 Å². The zero-order valence-corrected chi connectivity index (χ0v) is 13.8. The smallest absolute Gasteiger partial charge is 0.225 e. The van der Waals surface area contributed by atoms with Crippen LogP contribution in [0.15, 0.2) is 6.07 Å². The van der Waals surface area contributed by atoms with Crippen molar-refractivity contribution in [2.75, 3.05) is 24.2 Å². The number of anilines is 2. The fourth-order valence-corrected chi connectivity index (χ4v) is 2.92. The van der Waals surface area contributed by atoms with Crippen LogP contribution in [0, 0.1) is 5.41 Å². The lowest BCUT2D eigenvalue weighted by molar-refractivity contribution is 0.389. The lowest BCUT2D eigenvalue weighted by Crippen LogP contribution is -2.14. The summed E-state index contributed by atoms with van der Waals surface area (Å²) in [5.41, 5.74) is 0.328. The largest absolute Gasteiger partial charge is 0.369 e. The minimum Gasteiger partial charge on any atom is -0.369 e. The molecule has 2 aromatic heterocycles. The van der Waals surface area contributed by atoms with E-state index < -0.39 is 0 Å². The number of fused-ring (bicyclic) bond motifs is 1. The van der Waals surface area contributed by atoms with Crippen LogP contribution in [0.1, 0.15) is 39.0 Å². The first-order chi connectivity index (χ1) is 9.43. The second kappa shape index (κ2) is 5.95. The SMILES string of the molecule is CCc1cc2c(NCCC(C)(C)C)nc(NC)nc2s1. The van der Waals surface area contributed by atoms with Gasteiger partial charge in [0.25, 0.3) is 0 Å². The lowest BCUT2D eigenvalue weighted by Gasteiger charge is -2.18. The van der Waals surface area contributed by atoms with Crippen molar-refractivity contribution in [3.8, 4) is 0 Å². The monoisotopic (exact) mass is 292 g/mol. The van der Waals surface area contributed by atoms with Crippen molar-refractivity contribution >= 4 is 33.3 Å². The van der Waals surface area contributed by atoms with E-state index >= 15 is 0 Å². The highest BCUT2D eigenvalue weighted by atomic mass is 32.1. The highest BCUT2D eigenvalue weighted by Crippen LogP contribution is 2.30. The van der Waals surface area contributed by atoms with E-state index in [9.17, 15) is 0 Å². The van der Waals surface area contributed by atoms with Gasteiger partial charge >= 0.3 is 0 Å². The van der Waals surface area contributed by atoms with Crippen LogP contribution in [0.3, 0.4) is 0 Å². The van der Waals surface area contributed by atoms with Crippen molar-refractivity contribution in [3.05, 3.63) is 10.9 Å². The molecule has 2 heterocycles. The molecule has 0 atom stereocenters. The first-order valence-corrected chi connectivity index (χ1v) is 7.96. The Kier molecular flexibility index (Phi) is 4.48. The van der Waals surface area contributed by atoms with E-state index in [2.05, 4.69) is 54.4 Å². The van der Waals surface area contributed by atoms with E-state index in [0.717, 1.165) is 35.4 Å². The summed E-state index contributed by atoms with van der Waals surface area (Å²) in [4.78, 5) is 11.5. The third-order valence-corrected chi connectivity index (χ3v) is 4.36. The van der Waals surface area contributed by atoms with Crippen molar-refractivity contribution in [3.63, 3.8) is 0 Å². The fraction of sp³-hybridized carbons (Fsp3) is 0.600. The summed E-state index contributed by atoms with van der Waals surface area (Å²) in [6, 6.07) is 2.21. The molecule has 0 unspecified atom stereocenters. The van der Waals surface area contributed by atoms with Crippen molar-refractivity contribution in [1.29, 1.82) is 0 Å². The maximum atomic E-state index is 4.56. The minimum atomic E-state index is 0.328. The van der Waals surface area contributed by atoms with Gasteiger partial charge in [0, 0.05) is 18.5 Å². The number of hydrogen-bond donors (Lipinski definition) is 2. The molecule has 20 heavy (non-hydrogen) atoms. The van der Waals surface area contributed by atoms with Crippen LogP contribution >= 0.6 is 11.3 Å². The van der Waals surface area contributed by atoms with E-state index in [4.69, 9.17) is 0 Å². The number of nitrogens with zero attached hydrogens (tertiary/aromatic N) is 2. The zero-order valence-electron chi connectivity index (χ0n) is 13.0. The molecule has 0 bridgehead atoms. The molecule has 5 heteroatoms. The van der Waals surface area contributed by atoms with Crippen LogP contribution in [0.5, 0.6) is 0 Å². The van der Waals surface area contributed by atoms with E-state index in [-0.39, 0.29) is 0 Å². The minimum absolute atomic E-state index is 0.328. The molecule has 0 aromatic carbocycles. The molecule has 2 rings (SSSR count). The molecule has 0 aliphatic heterocycles. The van der Waals surface area contributed by atoms with Gasteiger partial charge in [-0.25, -0.2) is 4.98 Å². The molecule has 0 amide bonds. The van der Waals surface area contributed by atoms with Crippen LogP contribution in [-0.2, 0) is 6.42 Å². The summed E-state index contributed by atoms with van der Waals surface area (Å²) in [5.74, 6) is 1.62. The third kappa shape index (κ3) is 3.60. The van der Waals surface area contributed by atoms with Gasteiger partial charge in [0.2, 0.25) is 5.95 Å². The summed E-state index contributed by atoms with van der Waals surface area (Å²) in [6.07, 6.45) is 2.15. The Morgan fingerprint density at radius 3 is 2.60 bits per heavy atom. The molecule has 0 fully saturated rings. The van der Waals surface area contributed by atoms with Crippen molar-refractivity contribution in [1.82, 2.24) is 9.97 Å². The van der Waals surface area contributed by atoms with E-state index in [1.807, 2.05) is 7.05 Å². The summed E-state index contributed by atoms with van der Waals surface area (Å²) in [5, 5.41) is 7.65. The molecule has 2 N–H and O–H groups in total. The van der Waals surface area contributed by atoms with E-state index in [1.54, 1.807) is 11.3 Å². The number of rotatable bonds is 5. The highest BCUT2D eigenvalue weighted by molar-refractivity contribution is 7.18. The summed E-state index contributed by atoms with van der Waals surface area (Å²) >= 11 is 1.75. The third-order valence-electron chi connectivity index (χ3n) is 3.18. The van der Waals surface area contributed by atoms with Gasteiger partial charge in [-0.3, -0.25) is 0 Å². The second-order valence-electron chi connectivity index (χ2n) is 6.17. The van der Waals surface area contributed by atoms with Gasteiger partial charge < -0.3 is 10.6 Å². The second-order valence-corrected chi connectivity index (χ2v) is 7.28. The molecule has 0 saturated heterocycles. The number of nitrogens with one attached hydrogen (secondary N) is 2. The maximum Gasteiger partial charge on any atom is 0.225 e. The maximum absolute atomic E-state index is 4.56. The Hall–Kier alpha value is -1.36. The number of aryl methyl sites for hydroxylation is 1. The Morgan fingerprint density at radius 2 is 2.00 bits per heavy atom. The van der Waals surface area contributed by atoms with Crippen molar-refractivity contribution < 1.29 is 0 Å². The fourth-order valence-electron chi connectivity index (χ4n) is 1.95. The Labute approximate surface area is 125 Å². The predicted molar refractivity (Wildman–Crippen MR) is 88.9 cm³/mol. The van der Waals surface area contributed by atoms with Crippen LogP contribution in [-0.4, -0.2) is 23.6 Å². The highest BCUT2D eigenvalue weighted by Gasteiger charge is 2.13. The Morgan fingerprint density at radius 1 is 1.25 bits per heavy atom. The van der Waals surface area contributed by atoms with E-state index in [1.165, 1.54) is 4.88 Å². The summed E-state index contributed by atoms with van der Waals surface area (Å²) in [6.45, 7) is 9.86. The first kappa shape index (κ1) is 15.0. The van der Waals surface area contributed by atoms with Gasteiger partial charge in [-0.05, 0) is 24.3 Å². The Bertz CT molecular complexity index is 583. The van der Waals surface area contributed by atoms with Crippen molar-refractivity contribution in [2.45, 2.75) is 40.5 Å². The van der Waals surface area contributed by atoms with Gasteiger partial charge in [-0.15, -0.1) is 11.3 Å². The van der Waals surface area contributed by atoms with Crippen molar-refractivity contribution in [2.24, 2.45) is 5.41 Å². The molecule has 0 aliphatic rings. The van der Waals surface area contributed by atoms with Crippen LogP contribution in [0.25, 0.3) is 10.2 Å². The molecule has 4 nitrogen and oxygen atoms in total. The lowest BCUT2D eigenvalue weighted by atomic mass is 9.92. The van der Waals surface area contributed by atoms with E-state index in [0.29, 0.717) is 11.4 Å². The average Bonchev–Trinajstić information content (AvgIpc) is 2.80. The topological polar surface area (TPSA) is 49.8 Å². The van der Waals surface area contributed by atoms with Crippen LogP contribution in [0.4, 0.5) is 11.8 Å². The van der Waals surface area contributed by atoms with Gasteiger partial charge in [0.05, 0.1) is 5.39 Å². The van der Waals surface area contributed by atoms with Gasteiger partial charge in [-0.2, -0.15) is 4.98 Å². The normalized spacial score (nSPS) is 11.8. The van der Waals surface area contributed by atoms with Gasteiger partial charge in [-0.1, -0.05) is 27.7 Å². The average molecular weight is 292 g/mol. The molecule has 0 spiro atoms. The summed E-state index contributed by atoms with van der Waals surface area (Å²) in [7, 11) is 1.86. The molecular weight excluding hydrogens is 268 g/mol. The first-order valence-electron chi connectivity index (χ1n) is 7.15. The zero-order chi connectivity index (χ0) is 14.8. The predicted octanol–water partition coefficient (Wildman–Crippen LogP) is 4.14. The van der Waals surface area contributed by atoms with Crippen LogP contribution in [0.2, 0.25) is 0 Å². The quantitative estimate of drug-likeness (QED) is 0.869. The van der Waals surface area contributed by atoms with Gasteiger partial charge in [0.1, 0.15) is 10.6 Å². The number of thiophene rings is 1. The molecule has 0 aliphatic carbocycles. The molecule has 2 aromatic rings. The summed E-state index contributed by atoms with van der Waals surface area (Å²) < 4.78 is 0. The standard InChI is InChI=1S/C15H24N4S/c1-6-10-9-11-12(17-8-7-15(2,3)4)18-14(16-5)19-13(11)20-10/h9H,6-8H2,1-5H3,(H2,16,17,18,19).